The lowest BCUT2D eigenvalue weighted by molar-refractivity contribution is -0.115. The van der Waals surface area contributed by atoms with Crippen LogP contribution in [0, 0.1) is 6.92 Å². The van der Waals surface area contributed by atoms with Crippen LogP contribution >= 0.6 is 0 Å². The van der Waals surface area contributed by atoms with Gasteiger partial charge in [-0.25, -0.2) is 9.80 Å². The van der Waals surface area contributed by atoms with Crippen LogP contribution in [0.4, 0.5) is 11.4 Å². The highest BCUT2D eigenvalue weighted by Crippen LogP contribution is 2.58. The van der Waals surface area contributed by atoms with Crippen LogP contribution < -0.4 is 20.2 Å². The minimum absolute atomic E-state index is 0.126. The minimum Gasteiger partial charge on any atom is -0.507 e. The topological polar surface area (TPSA) is 119 Å². The molecule has 3 heterocycles. The van der Waals surface area contributed by atoms with Crippen molar-refractivity contribution in [3.8, 4) is 17.2 Å². The number of rotatable bonds is 9. The summed E-state index contributed by atoms with van der Waals surface area (Å²) >= 11 is 0. The Labute approximate surface area is 309 Å². The van der Waals surface area contributed by atoms with E-state index in [2.05, 4.69) is 49.6 Å². The van der Waals surface area contributed by atoms with Gasteiger partial charge in [0.2, 0.25) is 6.41 Å². The summed E-state index contributed by atoms with van der Waals surface area (Å²) in [4.78, 5) is 42.3. The van der Waals surface area contributed by atoms with Crippen molar-refractivity contribution in [2.24, 2.45) is 5.10 Å². The molecule has 2 aliphatic heterocycles. The third-order valence-electron chi connectivity index (χ3n) is 9.89. The third kappa shape index (κ3) is 6.26. The zero-order valence-corrected chi connectivity index (χ0v) is 31.2. The van der Waals surface area contributed by atoms with Gasteiger partial charge in [-0.15, -0.1) is 0 Å². The van der Waals surface area contributed by atoms with Crippen LogP contribution in [0.2, 0.25) is 0 Å². The number of carbonyl (C=O) groups is 2. The fourth-order valence-corrected chi connectivity index (χ4v) is 7.28. The van der Waals surface area contributed by atoms with Gasteiger partial charge in [0.1, 0.15) is 22.8 Å². The SMILES string of the molecule is CCN(CC)c1ccc2c(c1)Oc1cc(N(CC)CC)ccc1C21c2ccccc2C(=O)N1/N=C/c1c(O)ccc2c(C)cc(=O)oc12.CN(C)C=O. The van der Waals surface area contributed by atoms with E-state index in [0.717, 1.165) is 60.7 Å². The van der Waals surface area contributed by atoms with E-state index in [4.69, 9.17) is 14.3 Å². The van der Waals surface area contributed by atoms with E-state index >= 15 is 0 Å². The van der Waals surface area contributed by atoms with Gasteiger partial charge in [-0.3, -0.25) is 9.59 Å². The van der Waals surface area contributed by atoms with Crippen LogP contribution in [0.1, 0.15) is 65.9 Å². The molecule has 0 saturated heterocycles. The molecule has 2 amide bonds. The van der Waals surface area contributed by atoms with E-state index in [9.17, 15) is 19.5 Å². The summed E-state index contributed by atoms with van der Waals surface area (Å²) in [5, 5.41) is 18.0. The summed E-state index contributed by atoms with van der Waals surface area (Å²) in [5.74, 6) is 0.822. The number of carbonyl (C=O) groups excluding carboxylic acids is 2. The molecule has 1 spiro atoms. The molecule has 4 aromatic carbocycles. The van der Waals surface area contributed by atoms with Gasteiger partial charge < -0.3 is 29.0 Å². The number of hydrazone groups is 1. The first-order valence-corrected chi connectivity index (χ1v) is 17.9. The summed E-state index contributed by atoms with van der Waals surface area (Å²) in [6.45, 7) is 13.6. The Kier molecular flexibility index (Phi) is 10.3. The van der Waals surface area contributed by atoms with Crippen molar-refractivity contribution in [1.82, 2.24) is 9.91 Å². The van der Waals surface area contributed by atoms with Gasteiger partial charge in [-0.2, -0.15) is 5.10 Å². The van der Waals surface area contributed by atoms with Crippen molar-refractivity contribution in [1.29, 1.82) is 0 Å². The van der Waals surface area contributed by atoms with Crippen LogP contribution in [0.15, 0.2) is 93.2 Å². The van der Waals surface area contributed by atoms with Gasteiger partial charge in [0, 0.05) is 97.5 Å². The Morgan fingerprint density at radius 1 is 0.792 bits per heavy atom. The largest absolute Gasteiger partial charge is 0.507 e. The van der Waals surface area contributed by atoms with E-state index in [1.165, 1.54) is 28.3 Å². The monoisotopic (exact) mass is 715 g/mol. The first-order chi connectivity index (χ1) is 25.5. The van der Waals surface area contributed by atoms with E-state index in [-0.39, 0.29) is 22.8 Å². The number of hydrogen-bond acceptors (Lipinski definition) is 9. The second-order valence-electron chi connectivity index (χ2n) is 13.1. The first kappa shape index (κ1) is 36.7. The molecule has 11 heteroatoms. The molecule has 1 aromatic heterocycles. The van der Waals surface area contributed by atoms with E-state index in [1.54, 1.807) is 20.2 Å². The van der Waals surface area contributed by atoms with Crippen molar-refractivity contribution >= 4 is 40.9 Å². The van der Waals surface area contributed by atoms with Gasteiger partial charge in [0.15, 0.2) is 5.58 Å². The molecule has 2 aliphatic rings. The van der Waals surface area contributed by atoms with Crippen molar-refractivity contribution in [2.75, 3.05) is 50.1 Å². The predicted molar refractivity (Wildman–Crippen MR) is 209 cm³/mol. The highest BCUT2D eigenvalue weighted by Gasteiger charge is 2.57. The summed E-state index contributed by atoms with van der Waals surface area (Å²) in [5.41, 5.74) is 4.20. The van der Waals surface area contributed by atoms with Crippen LogP contribution in [0.3, 0.4) is 0 Å². The molecule has 5 aromatic rings. The average molecular weight is 716 g/mol. The molecule has 0 radical (unpaired) electrons. The summed E-state index contributed by atoms with van der Waals surface area (Å²) in [7, 11) is 3.38. The molecule has 53 heavy (non-hydrogen) atoms. The number of amides is 2. The van der Waals surface area contributed by atoms with E-state index in [0.29, 0.717) is 28.0 Å². The molecule has 7 rings (SSSR count). The number of fused-ring (bicyclic) bond motifs is 7. The highest BCUT2D eigenvalue weighted by molar-refractivity contribution is 6.04. The maximum Gasteiger partial charge on any atom is 0.336 e. The summed E-state index contributed by atoms with van der Waals surface area (Å²) < 4.78 is 12.3. The van der Waals surface area contributed by atoms with Crippen LogP contribution in [0.5, 0.6) is 17.2 Å². The molecule has 0 aliphatic carbocycles. The Bertz CT molecular complexity index is 2210. The lowest BCUT2D eigenvalue weighted by atomic mass is 9.75. The lowest BCUT2D eigenvalue weighted by Crippen LogP contribution is -2.44. The standard InChI is InChI=1S/C39H38N4O5.C3H7NO/c1-6-41(7-2)25-14-17-31-34(21-25)47-35-22-26(42(8-3)9-4)15-18-32(35)39(31)30-13-11-10-12-28(30)38(46)43(39)40-23-29-33(44)19-16-27-24(5)20-36(45)48-37(27)29;1-4(2)3-5/h10-23,44H,6-9H2,1-5H3;3H,1-2H3/b40-23+;. The number of anilines is 2. The predicted octanol–water partition coefficient (Wildman–Crippen LogP) is 7.09. The first-order valence-electron chi connectivity index (χ1n) is 17.9. The second-order valence-corrected chi connectivity index (χ2v) is 13.1. The maximum atomic E-state index is 14.5. The molecule has 0 bridgehead atoms. The van der Waals surface area contributed by atoms with E-state index < -0.39 is 11.2 Å². The Morgan fingerprint density at radius 2 is 1.36 bits per heavy atom. The number of hydrogen-bond donors (Lipinski definition) is 1. The van der Waals surface area contributed by atoms with Crippen molar-refractivity contribution in [3.63, 3.8) is 0 Å². The number of phenolic OH excluding ortho intramolecular Hbond substituents is 1. The van der Waals surface area contributed by atoms with Gasteiger partial charge in [-0.05, 0) is 70.5 Å². The second kappa shape index (κ2) is 14.9. The Hall–Kier alpha value is -6.10. The average Bonchev–Trinajstić information content (AvgIpc) is 3.39. The van der Waals surface area contributed by atoms with Gasteiger partial charge in [0.05, 0.1) is 11.8 Å². The Morgan fingerprint density at radius 3 is 1.91 bits per heavy atom. The molecule has 0 fully saturated rings. The summed E-state index contributed by atoms with van der Waals surface area (Å²) in [6, 6.07) is 24.5. The maximum absolute atomic E-state index is 14.5. The molecular formula is C42H45N5O6. The third-order valence-corrected chi connectivity index (χ3v) is 9.89. The number of aromatic hydroxyl groups is 1. The Balaban J connectivity index is 0.000000902. The number of aryl methyl sites for hydroxylation is 1. The molecule has 274 valence electrons. The molecule has 0 unspecified atom stereocenters. The fraction of sp³-hybridized carbons (Fsp3) is 0.286. The van der Waals surface area contributed by atoms with E-state index in [1.807, 2.05) is 55.5 Å². The number of ether oxygens (including phenoxy) is 1. The van der Waals surface area contributed by atoms with Crippen LogP contribution in [-0.4, -0.2) is 73.8 Å². The number of benzene rings is 4. The molecule has 0 saturated carbocycles. The lowest BCUT2D eigenvalue weighted by Gasteiger charge is -2.42. The van der Waals surface area contributed by atoms with Crippen molar-refractivity contribution < 1.29 is 23.8 Å². The molecule has 0 atom stereocenters. The smallest absolute Gasteiger partial charge is 0.336 e. The minimum atomic E-state index is -1.20. The fourth-order valence-electron chi connectivity index (χ4n) is 7.28. The number of phenols is 1. The zero-order chi connectivity index (χ0) is 38.0. The molecule has 11 nitrogen and oxygen atoms in total. The van der Waals surface area contributed by atoms with Crippen molar-refractivity contribution in [3.05, 3.63) is 123 Å². The van der Waals surface area contributed by atoms with Gasteiger partial charge in [0.25, 0.3) is 5.91 Å². The quantitative estimate of drug-likeness (QED) is 0.0977. The van der Waals surface area contributed by atoms with Crippen molar-refractivity contribution in [2.45, 2.75) is 40.2 Å². The zero-order valence-electron chi connectivity index (χ0n) is 31.2. The van der Waals surface area contributed by atoms with Crippen LogP contribution in [0.25, 0.3) is 11.0 Å². The van der Waals surface area contributed by atoms with Gasteiger partial charge >= 0.3 is 5.63 Å². The molecule has 1 N–H and O–H groups in total. The highest BCUT2D eigenvalue weighted by atomic mass is 16.5. The number of nitrogens with zero attached hydrogens (tertiary/aromatic N) is 5. The van der Waals surface area contributed by atoms with Gasteiger partial charge in [-0.1, -0.05) is 30.3 Å². The molecular weight excluding hydrogens is 670 g/mol. The normalized spacial score (nSPS) is 13.6. The van der Waals surface area contributed by atoms with Crippen LogP contribution in [-0.2, 0) is 10.3 Å². The summed E-state index contributed by atoms with van der Waals surface area (Å²) in [6.07, 6.45) is 2.16.